The monoisotopic (exact) mass is 295 g/mol. The molecule has 108 valence electrons. The lowest BCUT2D eigenvalue weighted by Gasteiger charge is -2.15. The van der Waals surface area contributed by atoms with Gasteiger partial charge in [0.1, 0.15) is 0 Å². The number of benzene rings is 1. The van der Waals surface area contributed by atoms with Crippen molar-refractivity contribution >= 4 is 11.8 Å². The molecule has 2 N–H and O–H groups in total. The summed E-state index contributed by atoms with van der Waals surface area (Å²) < 4.78 is 46.7. The van der Waals surface area contributed by atoms with Crippen molar-refractivity contribution in [3.63, 3.8) is 0 Å². The molecule has 19 heavy (non-hydrogen) atoms. The number of nitrogens with two attached hydrogens (primary N) is 1. The Morgan fingerprint density at radius 2 is 2.00 bits per heavy atom. The number of rotatable bonds is 7. The van der Waals surface area contributed by atoms with E-state index in [2.05, 4.69) is 0 Å². The van der Waals surface area contributed by atoms with Crippen molar-refractivity contribution in [2.45, 2.75) is 19.0 Å². The highest BCUT2D eigenvalue weighted by atomic mass is 32.2. The number of thioether (sulfide) groups is 1. The van der Waals surface area contributed by atoms with Gasteiger partial charge >= 0.3 is 5.51 Å². The number of para-hydroxylation sites is 1. The van der Waals surface area contributed by atoms with E-state index >= 15 is 0 Å². The number of halogens is 3. The third kappa shape index (κ3) is 5.61. The van der Waals surface area contributed by atoms with Crippen molar-refractivity contribution in [1.29, 1.82) is 0 Å². The average Bonchev–Trinajstić information content (AvgIpc) is 2.35. The predicted molar refractivity (Wildman–Crippen MR) is 69.5 cm³/mol. The summed E-state index contributed by atoms with van der Waals surface area (Å²) in [4.78, 5) is 0. The Balaban J connectivity index is 2.64. The van der Waals surface area contributed by atoms with Gasteiger partial charge in [0, 0.05) is 17.9 Å². The Bertz CT molecular complexity index is 399. The zero-order valence-electron chi connectivity index (χ0n) is 10.5. The van der Waals surface area contributed by atoms with E-state index in [1.165, 1.54) is 0 Å². The van der Waals surface area contributed by atoms with Gasteiger partial charge < -0.3 is 15.2 Å². The maximum absolute atomic E-state index is 12.0. The van der Waals surface area contributed by atoms with E-state index in [0.29, 0.717) is 23.7 Å². The summed E-state index contributed by atoms with van der Waals surface area (Å²) in [5.74, 6) is 0.755. The van der Waals surface area contributed by atoms with Crippen molar-refractivity contribution in [3.05, 3.63) is 23.8 Å². The SMILES string of the molecule is CCOc1cccc(CN)c1OCCSC(F)(F)F. The summed E-state index contributed by atoms with van der Waals surface area (Å²) in [6.45, 7) is 2.45. The first kappa shape index (κ1) is 16.0. The topological polar surface area (TPSA) is 44.5 Å². The first-order valence-corrected chi connectivity index (χ1v) is 6.74. The minimum atomic E-state index is -4.24. The quantitative estimate of drug-likeness (QED) is 0.785. The van der Waals surface area contributed by atoms with Crippen LogP contribution in [0.25, 0.3) is 0 Å². The Morgan fingerprint density at radius 1 is 1.26 bits per heavy atom. The summed E-state index contributed by atoms with van der Waals surface area (Å²) in [6.07, 6.45) is 0. The van der Waals surface area contributed by atoms with E-state index in [1.807, 2.05) is 6.92 Å². The van der Waals surface area contributed by atoms with Crippen molar-refractivity contribution in [2.24, 2.45) is 5.73 Å². The molecular weight excluding hydrogens is 279 g/mol. The summed E-state index contributed by atoms with van der Waals surface area (Å²) in [6, 6.07) is 5.23. The number of hydrogen-bond donors (Lipinski definition) is 1. The first-order valence-electron chi connectivity index (χ1n) is 5.76. The Hall–Kier alpha value is -1.08. The van der Waals surface area contributed by atoms with E-state index in [4.69, 9.17) is 15.2 Å². The van der Waals surface area contributed by atoms with E-state index in [-0.39, 0.29) is 30.7 Å². The van der Waals surface area contributed by atoms with E-state index in [9.17, 15) is 13.2 Å². The van der Waals surface area contributed by atoms with Gasteiger partial charge in [-0.3, -0.25) is 0 Å². The molecule has 0 unspecified atom stereocenters. The second-order valence-corrected chi connectivity index (χ2v) is 4.68. The molecule has 0 aliphatic carbocycles. The van der Waals surface area contributed by atoms with Crippen molar-refractivity contribution < 1.29 is 22.6 Å². The molecule has 1 aromatic rings. The molecule has 0 amide bonds. The molecule has 3 nitrogen and oxygen atoms in total. The molecule has 0 aliphatic heterocycles. The highest BCUT2D eigenvalue weighted by molar-refractivity contribution is 8.00. The molecule has 0 atom stereocenters. The van der Waals surface area contributed by atoms with Crippen LogP contribution in [0.3, 0.4) is 0 Å². The molecule has 0 fully saturated rings. The molecule has 0 aliphatic rings. The van der Waals surface area contributed by atoms with Gasteiger partial charge in [-0.15, -0.1) is 0 Å². The number of alkyl halides is 3. The Kier molecular flexibility index (Phi) is 6.30. The maximum atomic E-state index is 12.0. The third-order valence-electron chi connectivity index (χ3n) is 2.18. The smallest absolute Gasteiger partial charge is 0.441 e. The lowest BCUT2D eigenvalue weighted by Crippen LogP contribution is -2.10. The van der Waals surface area contributed by atoms with Gasteiger partial charge in [-0.25, -0.2) is 0 Å². The number of ether oxygens (including phenoxy) is 2. The molecule has 0 saturated carbocycles. The van der Waals surface area contributed by atoms with Crippen LogP contribution in [0.4, 0.5) is 13.2 Å². The zero-order chi connectivity index (χ0) is 14.3. The summed E-state index contributed by atoms with van der Waals surface area (Å²) in [5.41, 5.74) is 2.04. The molecule has 0 bridgehead atoms. The van der Waals surface area contributed by atoms with Crippen molar-refractivity contribution in [1.82, 2.24) is 0 Å². The van der Waals surface area contributed by atoms with Gasteiger partial charge in [0.15, 0.2) is 11.5 Å². The minimum absolute atomic E-state index is 0.0543. The van der Waals surface area contributed by atoms with E-state index in [0.717, 1.165) is 0 Å². The van der Waals surface area contributed by atoms with E-state index < -0.39 is 5.51 Å². The Labute approximate surface area is 114 Å². The van der Waals surface area contributed by atoms with Gasteiger partial charge in [-0.2, -0.15) is 13.2 Å². The number of hydrogen-bond acceptors (Lipinski definition) is 4. The maximum Gasteiger partial charge on any atom is 0.441 e. The van der Waals surface area contributed by atoms with Crippen LogP contribution in [0.1, 0.15) is 12.5 Å². The second kappa shape index (κ2) is 7.49. The summed E-state index contributed by atoms with van der Waals surface area (Å²) in [7, 11) is 0. The third-order valence-corrected chi connectivity index (χ3v) is 2.87. The standard InChI is InChI=1S/C12H16F3NO2S/c1-2-17-10-5-3-4-9(8-16)11(10)18-6-7-19-12(13,14)15/h3-5H,2,6-8,16H2,1H3. The fourth-order valence-electron chi connectivity index (χ4n) is 1.46. The fraction of sp³-hybridized carbons (Fsp3) is 0.500. The van der Waals surface area contributed by atoms with Crippen LogP contribution in [0.2, 0.25) is 0 Å². The van der Waals surface area contributed by atoms with E-state index in [1.54, 1.807) is 18.2 Å². The Morgan fingerprint density at radius 3 is 2.58 bits per heavy atom. The van der Waals surface area contributed by atoms with Gasteiger partial charge in [-0.05, 0) is 24.8 Å². The van der Waals surface area contributed by atoms with Crippen LogP contribution in [0, 0.1) is 0 Å². The van der Waals surface area contributed by atoms with Gasteiger partial charge in [0.05, 0.1) is 13.2 Å². The van der Waals surface area contributed by atoms with Crippen LogP contribution in [0.5, 0.6) is 11.5 Å². The second-order valence-electron chi connectivity index (χ2n) is 3.52. The highest BCUT2D eigenvalue weighted by Gasteiger charge is 2.27. The molecule has 0 spiro atoms. The largest absolute Gasteiger partial charge is 0.490 e. The van der Waals surface area contributed by atoms with Crippen LogP contribution >= 0.6 is 11.8 Å². The van der Waals surface area contributed by atoms with Crippen molar-refractivity contribution in [2.75, 3.05) is 19.0 Å². The summed E-state index contributed by atoms with van der Waals surface area (Å²) >= 11 is -0.112. The van der Waals surface area contributed by atoms with Gasteiger partial charge in [0.2, 0.25) is 0 Å². The van der Waals surface area contributed by atoms with Crippen LogP contribution in [-0.2, 0) is 6.54 Å². The highest BCUT2D eigenvalue weighted by Crippen LogP contribution is 2.33. The zero-order valence-corrected chi connectivity index (χ0v) is 11.3. The van der Waals surface area contributed by atoms with Gasteiger partial charge in [-0.1, -0.05) is 12.1 Å². The normalized spacial score (nSPS) is 11.4. The first-order chi connectivity index (χ1) is 8.98. The van der Waals surface area contributed by atoms with Crippen LogP contribution < -0.4 is 15.2 Å². The molecule has 7 heteroatoms. The molecule has 1 rings (SSSR count). The predicted octanol–water partition coefficient (Wildman–Crippen LogP) is 3.18. The fourth-order valence-corrected chi connectivity index (χ4v) is 1.85. The summed E-state index contributed by atoms with van der Waals surface area (Å²) in [5, 5.41) is 0. The van der Waals surface area contributed by atoms with Crippen LogP contribution in [0.15, 0.2) is 18.2 Å². The van der Waals surface area contributed by atoms with Crippen molar-refractivity contribution in [3.8, 4) is 11.5 Å². The molecular formula is C12H16F3NO2S. The minimum Gasteiger partial charge on any atom is -0.490 e. The molecule has 1 aromatic carbocycles. The van der Waals surface area contributed by atoms with Crippen LogP contribution in [-0.4, -0.2) is 24.5 Å². The lowest BCUT2D eigenvalue weighted by molar-refractivity contribution is -0.0329. The average molecular weight is 295 g/mol. The molecule has 0 saturated heterocycles. The molecule has 0 radical (unpaired) electrons. The lowest BCUT2D eigenvalue weighted by atomic mass is 10.2. The molecule has 0 heterocycles. The van der Waals surface area contributed by atoms with Gasteiger partial charge in [0.25, 0.3) is 0 Å². The molecule has 0 aromatic heterocycles.